The van der Waals surface area contributed by atoms with Gasteiger partial charge in [-0.05, 0) is 47.1 Å². The van der Waals surface area contributed by atoms with E-state index >= 15 is 0 Å². The highest BCUT2D eigenvalue weighted by atomic mass is 16.6. The van der Waals surface area contributed by atoms with Crippen molar-refractivity contribution in [2.24, 2.45) is 0 Å². The second-order valence-electron chi connectivity index (χ2n) is 6.76. The molecule has 0 saturated carbocycles. The van der Waals surface area contributed by atoms with Crippen LogP contribution in [0, 0.1) is 0 Å². The van der Waals surface area contributed by atoms with Gasteiger partial charge in [-0.25, -0.2) is 4.79 Å². The Labute approximate surface area is 143 Å². The number of hydrogen-bond donors (Lipinski definition) is 3. The summed E-state index contributed by atoms with van der Waals surface area (Å²) in [7, 11) is 0. The number of ether oxygens (including phenoxy) is 2. The molecule has 1 rings (SSSR count). The van der Waals surface area contributed by atoms with Gasteiger partial charge >= 0.3 is 12.1 Å². The molecule has 0 bridgehead atoms. The molecule has 24 heavy (non-hydrogen) atoms. The van der Waals surface area contributed by atoms with Crippen molar-refractivity contribution in [3.05, 3.63) is 0 Å². The molecule has 2 atom stereocenters. The van der Waals surface area contributed by atoms with E-state index in [1.54, 1.807) is 27.7 Å². The highest BCUT2D eigenvalue weighted by Gasteiger charge is 2.28. The SMILES string of the molecule is CCOC(=O)C[C@@H](NC(=O)OC(C)(C)C)C(=O)NC1CCCNC1. The van der Waals surface area contributed by atoms with E-state index in [9.17, 15) is 14.4 Å². The second kappa shape index (κ2) is 9.46. The lowest BCUT2D eigenvalue weighted by atomic mass is 10.1. The number of rotatable bonds is 6. The summed E-state index contributed by atoms with van der Waals surface area (Å²) in [4.78, 5) is 36.1. The van der Waals surface area contributed by atoms with Gasteiger partial charge in [0.05, 0.1) is 13.0 Å². The smallest absolute Gasteiger partial charge is 0.408 e. The third kappa shape index (κ3) is 8.14. The summed E-state index contributed by atoms with van der Waals surface area (Å²) in [6.07, 6.45) is 0.845. The van der Waals surface area contributed by atoms with Gasteiger partial charge in [0.25, 0.3) is 0 Å². The van der Waals surface area contributed by atoms with Gasteiger partial charge in [-0.2, -0.15) is 0 Å². The monoisotopic (exact) mass is 343 g/mol. The van der Waals surface area contributed by atoms with Gasteiger partial charge in [-0.3, -0.25) is 9.59 Å². The second-order valence-corrected chi connectivity index (χ2v) is 6.76. The predicted molar refractivity (Wildman–Crippen MR) is 88.4 cm³/mol. The molecule has 0 aliphatic carbocycles. The molecule has 0 radical (unpaired) electrons. The summed E-state index contributed by atoms with van der Waals surface area (Å²) in [6, 6.07) is -1.04. The first-order valence-electron chi connectivity index (χ1n) is 8.37. The Morgan fingerprint density at radius 1 is 1.29 bits per heavy atom. The molecular weight excluding hydrogens is 314 g/mol. The van der Waals surface area contributed by atoms with Crippen molar-refractivity contribution >= 4 is 18.0 Å². The van der Waals surface area contributed by atoms with Gasteiger partial charge < -0.3 is 25.4 Å². The van der Waals surface area contributed by atoms with Crippen LogP contribution in [0.5, 0.6) is 0 Å². The maximum absolute atomic E-state index is 12.4. The number of carbonyl (C=O) groups excluding carboxylic acids is 3. The molecule has 1 aliphatic heterocycles. The molecule has 8 nitrogen and oxygen atoms in total. The Kier molecular flexibility index (Phi) is 7.97. The molecule has 3 N–H and O–H groups in total. The van der Waals surface area contributed by atoms with E-state index in [2.05, 4.69) is 16.0 Å². The number of amides is 2. The predicted octanol–water partition coefficient (Wildman–Crippen LogP) is 0.701. The zero-order valence-electron chi connectivity index (χ0n) is 14.9. The summed E-state index contributed by atoms with van der Waals surface area (Å²) in [5.41, 5.74) is -0.692. The first-order valence-corrected chi connectivity index (χ1v) is 8.37. The summed E-state index contributed by atoms with van der Waals surface area (Å²) in [6.45, 7) is 8.66. The Morgan fingerprint density at radius 2 is 2.00 bits per heavy atom. The molecule has 2 amide bonds. The van der Waals surface area contributed by atoms with E-state index in [-0.39, 0.29) is 19.1 Å². The summed E-state index contributed by atoms with van der Waals surface area (Å²) < 4.78 is 10.0. The molecule has 1 saturated heterocycles. The van der Waals surface area contributed by atoms with E-state index in [4.69, 9.17) is 9.47 Å². The minimum Gasteiger partial charge on any atom is -0.466 e. The topological polar surface area (TPSA) is 106 Å². The third-order valence-corrected chi connectivity index (χ3v) is 3.33. The third-order valence-electron chi connectivity index (χ3n) is 3.33. The number of nitrogens with one attached hydrogen (secondary N) is 3. The Hall–Kier alpha value is -1.83. The molecular formula is C16H29N3O5. The van der Waals surface area contributed by atoms with Crippen LogP contribution in [0.4, 0.5) is 4.79 Å². The van der Waals surface area contributed by atoms with E-state index in [0.29, 0.717) is 6.54 Å². The highest BCUT2D eigenvalue weighted by molar-refractivity contribution is 5.89. The normalized spacial score (nSPS) is 19.1. The van der Waals surface area contributed by atoms with Crippen LogP contribution in [-0.2, 0) is 19.1 Å². The fraction of sp³-hybridized carbons (Fsp3) is 0.812. The lowest BCUT2D eigenvalue weighted by Crippen LogP contribution is -2.54. The lowest BCUT2D eigenvalue weighted by molar-refractivity contribution is -0.145. The Bertz CT molecular complexity index is 441. The number of esters is 1. The molecule has 1 unspecified atom stereocenters. The number of alkyl carbamates (subject to hydrolysis) is 1. The minimum atomic E-state index is -1.03. The molecule has 1 heterocycles. The van der Waals surface area contributed by atoms with E-state index in [1.807, 2.05) is 0 Å². The maximum Gasteiger partial charge on any atom is 0.408 e. The fourth-order valence-corrected chi connectivity index (χ4v) is 2.32. The fourth-order valence-electron chi connectivity index (χ4n) is 2.32. The van der Waals surface area contributed by atoms with Crippen molar-refractivity contribution in [2.45, 2.75) is 64.6 Å². The van der Waals surface area contributed by atoms with Crippen molar-refractivity contribution in [1.29, 1.82) is 0 Å². The summed E-state index contributed by atoms with van der Waals surface area (Å²) in [5.74, 6) is -0.960. The van der Waals surface area contributed by atoms with E-state index < -0.39 is 29.6 Å². The molecule has 0 spiro atoms. The van der Waals surface area contributed by atoms with Crippen molar-refractivity contribution in [3.63, 3.8) is 0 Å². The number of hydrogen-bond acceptors (Lipinski definition) is 6. The van der Waals surface area contributed by atoms with Crippen molar-refractivity contribution < 1.29 is 23.9 Å². The van der Waals surface area contributed by atoms with Gasteiger partial charge in [-0.15, -0.1) is 0 Å². The average molecular weight is 343 g/mol. The van der Waals surface area contributed by atoms with Gasteiger partial charge in [0.2, 0.25) is 5.91 Å². The van der Waals surface area contributed by atoms with Gasteiger partial charge in [0.1, 0.15) is 11.6 Å². The molecule has 1 fully saturated rings. The van der Waals surface area contributed by atoms with Crippen LogP contribution in [-0.4, -0.2) is 55.4 Å². The van der Waals surface area contributed by atoms with E-state index in [1.165, 1.54) is 0 Å². The first-order chi connectivity index (χ1) is 11.2. The van der Waals surface area contributed by atoms with Crippen LogP contribution in [0.3, 0.4) is 0 Å². The quantitative estimate of drug-likeness (QED) is 0.613. The number of carbonyl (C=O) groups is 3. The van der Waals surface area contributed by atoms with Crippen molar-refractivity contribution in [2.75, 3.05) is 19.7 Å². The van der Waals surface area contributed by atoms with Crippen LogP contribution in [0.15, 0.2) is 0 Å². The van der Waals surface area contributed by atoms with Gasteiger partial charge in [0, 0.05) is 12.6 Å². The van der Waals surface area contributed by atoms with Crippen LogP contribution < -0.4 is 16.0 Å². The molecule has 0 aromatic heterocycles. The van der Waals surface area contributed by atoms with E-state index in [0.717, 1.165) is 19.4 Å². The molecule has 0 aromatic rings. The van der Waals surface area contributed by atoms with Crippen LogP contribution in [0.25, 0.3) is 0 Å². The highest BCUT2D eigenvalue weighted by Crippen LogP contribution is 2.08. The van der Waals surface area contributed by atoms with Crippen LogP contribution >= 0.6 is 0 Å². The summed E-state index contributed by atoms with van der Waals surface area (Å²) in [5, 5.41) is 8.51. The zero-order chi connectivity index (χ0) is 18.2. The number of piperidine rings is 1. The largest absolute Gasteiger partial charge is 0.466 e. The Morgan fingerprint density at radius 3 is 2.54 bits per heavy atom. The van der Waals surface area contributed by atoms with Crippen LogP contribution in [0.1, 0.15) is 47.0 Å². The van der Waals surface area contributed by atoms with Gasteiger partial charge in [-0.1, -0.05) is 0 Å². The molecule has 0 aromatic carbocycles. The average Bonchev–Trinajstić information content (AvgIpc) is 2.45. The van der Waals surface area contributed by atoms with Crippen molar-refractivity contribution in [3.8, 4) is 0 Å². The Balaban J connectivity index is 2.66. The molecule has 1 aliphatic rings. The van der Waals surface area contributed by atoms with Crippen molar-refractivity contribution in [1.82, 2.24) is 16.0 Å². The molecule has 138 valence electrons. The first kappa shape index (κ1) is 20.2. The zero-order valence-corrected chi connectivity index (χ0v) is 14.9. The minimum absolute atomic E-state index is 0.0172. The standard InChI is InChI=1S/C16H29N3O5/c1-5-23-13(20)9-12(19-15(22)24-16(2,3)4)14(21)18-11-7-6-8-17-10-11/h11-12,17H,5-10H2,1-4H3,(H,18,21)(H,19,22)/t11?,12-/m1/s1. The van der Waals surface area contributed by atoms with Crippen LogP contribution in [0.2, 0.25) is 0 Å². The lowest BCUT2D eigenvalue weighted by Gasteiger charge is -2.27. The van der Waals surface area contributed by atoms with Gasteiger partial charge in [0.15, 0.2) is 0 Å². The summed E-state index contributed by atoms with van der Waals surface area (Å²) >= 11 is 0. The maximum atomic E-state index is 12.4. The molecule has 8 heteroatoms.